The van der Waals surface area contributed by atoms with Crippen molar-refractivity contribution in [1.29, 1.82) is 0 Å². The molecule has 0 unspecified atom stereocenters. The molecule has 3 rings (SSSR count). The summed E-state index contributed by atoms with van der Waals surface area (Å²) in [5, 5.41) is 1.57. The van der Waals surface area contributed by atoms with E-state index in [-0.39, 0.29) is 0 Å². The Hall–Kier alpha value is -1.80. The highest BCUT2D eigenvalue weighted by molar-refractivity contribution is 6.34. The number of halogens is 1. The first-order valence-electron chi connectivity index (χ1n) is 5.48. The molecule has 0 bridgehead atoms. The lowest BCUT2D eigenvalue weighted by atomic mass is 10.2. The van der Waals surface area contributed by atoms with Gasteiger partial charge in [0.1, 0.15) is 5.15 Å². The molecule has 84 valence electrons. The Morgan fingerprint density at radius 1 is 1.06 bits per heavy atom. The van der Waals surface area contributed by atoms with E-state index in [0.717, 1.165) is 17.4 Å². The summed E-state index contributed by atoms with van der Waals surface area (Å²) in [5.41, 5.74) is 2.40. The molecule has 2 heterocycles. The van der Waals surface area contributed by atoms with Crippen molar-refractivity contribution in [2.75, 3.05) is 0 Å². The van der Waals surface area contributed by atoms with E-state index in [1.165, 1.54) is 5.56 Å². The summed E-state index contributed by atoms with van der Waals surface area (Å²) < 4.78 is 2.18. The molecule has 1 aromatic carbocycles. The molecule has 3 aromatic rings. The summed E-state index contributed by atoms with van der Waals surface area (Å²) in [7, 11) is 0. The molecule has 0 N–H and O–H groups in total. The third-order valence-corrected chi connectivity index (χ3v) is 3.15. The van der Waals surface area contributed by atoms with Crippen LogP contribution in [-0.4, -0.2) is 9.55 Å². The van der Waals surface area contributed by atoms with Crippen molar-refractivity contribution >= 4 is 22.5 Å². The Morgan fingerprint density at radius 2 is 1.88 bits per heavy atom. The maximum absolute atomic E-state index is 6.05. The molecule has 0 aliphatic carbocycles. The molecule has 0 radical (unpaired) electrons. The minimum Gasteiger partial charge on any atom is -0.343 e. The normalized spacial score (nSPS) is 10.9. The number of pyridine rings is 1. The van der Waals surface area contributed by atoms with Crippen LogP contribution in [0.5, 0.6) is 0 Å². The fourth-order valence-corrected chi connectivity index (χ4v) is 2.22. The van der Waals surface area contributed by atoms with Gasteiger partial charge < -0.3 is 4.57 Å². The van der Waals surface area contributed by atoms with E-state index >= 15 is 0 Å². The zero-order chi connectivity index (χ0) is 11.7. The van der Waals surface area contributed by atoms with Gasteiger partial charge in [-0.15, -0.1) is 0 Å². The van der Waals surface area contributed by atoms with Gasteiger partial charge in [0.05, 0.1) is 5.52 Å². The van der Waals surface area contributed by atoms with Crippen LogP contribution in [0.4, 0.5) is 0 Å². The van der Waals surface area contributed by atoms with Crippen molar-refractivity contribution in [3.8, 4) is 0 Å². The zero-order valence-corrected chi connectivity index (χ0v) is 9.93. The van der Waals surface area contributed by atoms with Crippen LogP contribution in [0.15, 0.2) is 54.9 Å². The van der Waals surface area contributed by atoms with Crippen LogP contribution in [0.25, 0.3) is 10.9 Å². The van der Waals surface area contributed by atoms with Crippen LogP contribution in [0.1, 0.15) is 5.56 Å². The molecule has 2 nitrogen and oxygen atoms in total. The average molecular weight is 243 g/mol. The summed E-state index contributed by atoms with van der Waals surface area (Å²) in [6.45, 7) is 0.852. The molecule has 0 aliphatic rings. The summed E-state index contributed by atoms with van der Waals surface area (Å²) in [4.78, 5) is 4.08. The number of hydrogen-bond donors (Lipinski definition) is 0. The van der Waals surface area contributed by atoms with Gasteiger partial charge in [0.2, 0.25) is 0 Å². The third-order valence-electron chi connectivity index (χ3n) is 2.84. The second kappa shape index (κ2) is 4.22. The molecular formula is C14H11ClN2. The fourth-order valence-electron chi connectivity index (χ4n) is 2.01. The predicted molar refractivity (Wildman–Crippen MR) is 70.3 cm³/mol. The van der Waals surface area contributed by atoms with Crippen molar-refractivity contribution < 1.29 is 0 Å². The summed E-state index contributed by atoms with van der Waals surface area (Å²) in [5.74, 6) is 0. The molecule has 0 atom stereocenters. The fraction of sp³-hybridized carbons (Fsp3) is 0.0714. The van der Waals surface area contributed by atoms with E-state index in [2.05, 4.69) is 33.8 Å². The van der Waals surface area contributed by atoms with Gasteiger partial charge in [-0.2, -0.15) is 0 Å². The van der Waals surface area contributed by atoms with Crippen LogP contribution >= 0.6 is 11.6 Å². The van der Waals surface area contributed by atoms with Crippen molar-refractivity contribution in [1.82, 2.24) is 9.55 Å². The van der Waals surface area contributed by atoms with E-state index in [0.29, 0.717) is 5.15 Å². The Morgan fingerprint density at radius 3 is 2.71 bits per heavy atom. The topological polar surface area (TPSA) is 17.8 Å². The lowest BCUT2D eigenvalue weighted by Gasteiger charge is -2.05. The van der Waals surface area contributed by atoms with E-state index in [9.17, 15) is 0 Å². The van der Waals surface area contributed by atoms with E-state index in [1.807, 2.05) is 24.4 Å². The summed E-state index contributed by atoms with van der Waals surface area (Å²) >= 11 is 6.05. The lowest BCUT2D eigenvalue weighted by molar-refractivity contribution is 0.836. The number of benzene rings is 1. The van der Waals surface area contributed by atoms with E-state index < -0.39 is 0 Å². The Bertz CT molecular complexity index is 644. The monoisotopic (exact) mass is 242 g/mol. The molecule has 2 aromatic heterocycles. The Labute approximate surface area is 104 Å². The van der Waals surface area contributed by atoms with Gasteiger partial charge in [-0.05, 0) is 17.7 Å². The number of hydrogen-bond acceptors (Lipinski definition) is 1. The van der Waals surface area contributed by atoms with Gasteiger partial charge >= 0.3 is 0 Å². The van der Waals surface area contributed by atoms with Gasteiger partial charge in [0, 0.05) is 24.3 Å². The minimum atomic E-state index is 0.564. The number of rotatable bonds is 2. The Balaban J connectivity index is 2.05. The van der Waals surface area contributed by atoms with Gasteiger partial charge in [-0.3, -0.25) is 0 Å². The summed E-state index contributed by atoms with van der Waals surface area (Å²) in [6, 6.07) is 14.4. The SMILES string of the molecule is Clc1nccc2c1ccn2Cc1ccccc1. The maximum Gasteiger partial charge on any atom is 0.138 e. The van der Waals surface area contributed by atoms with Crippen LogP contribution < -0.4 is 0 Å². The first-order valence-corrected chi connectivity index (χ1v) is 5.86. The van der Waals surface area contributed by atoms with Crippen LogP contribution in [0.2, 0.25) is 5.15 Å². The largest absolute Gasteiger partial charge is 0.343 e. The number of fused-ring (bicyclic) bond motifs is 1. The smallest absolute Gasteiger partial charge is 0.138 e. The van der Waals surface area contributed by atoms with Gasteiger partial charge in [0.15, 0.2) is 0 Å². The highest BCUT2D eigenvalue weighted by atomic mass is 35.5. The maximum atomic E-state index is 6.05. The van der Waals surface area contributed by atoms with Crippen LogP contribution in [0, 0.1) is 0 Å². The molecule has 3 heteroatoms. The number of aromatic nitrogens is 2. The van der Waals surface area contributed by atoms with E-state index in [4.69, 9.17) is 11.6 Å². The van der Waals surface area contributed by atoms with Gasteiger partial charge in [-0.25, -0.2) is 4.98 Å². The molecule has 0 amide bonds. The summed E-state index contributed by atoms with van der Waals surface area (Å²) in [6.07, 6.45) is 3.79. The van der Waals surface area contributed by atoms with Crippen molar-refractivity contribution in [3.63, 3.8) is 0 Å². The highest BCUT2D eigenvalue weighted by Gasteiger charge is 2.04. The molecule has 0 aliphatic heterocycles. The second-order valence-corrected chi connectivity index (χ2v) is 4.32. The van der Waals surface area contributed by atoms with Crippen molar-refractivity contribution in [2.24, 2.45) is 0 Å². The first kappa shape index (κ1) is 10.4. The van der Waals surface area contributed by atoms with Gasteiger partial charge in [-0.1, -0.05) is 41.9 Å². The number of nitrogens with zero attached hydrogens (tertiary/aromatic N) is 2. The van der Waals surface area contributed by atoms with Crippen LogP contribution in [-0.2, 0) is 6.54 Å². The van der Waals surface area contributed by atoms with Crippen LogP contribution in [0.3, 0.4) is 0 Å². The first-order chi connectivity index (χ1) is 8.34. The average Bonchev–Trinajstić information content (AvgIpc) is 2.76. The molecule has 0 saturated carbocycles. The quantitative estimate of drug-likeness (QED) is 0.626. The molecule has 0 saturated heterocycles. The molecular weight excluding hydrogens is 232 g/mol. The third kappa shape index (κ3) is 1.92. The highest BCUT2D eigenvalue weighted by Crippen LogP contribution is 2.22. The molecule has 0 fully saturated rings. The second-order valence-electron chi connectivity index (χ2n) is 3.96. The van der Waals surface area contributed by atoms with E-state index in [1.54, 1.807) is 6.20 Å². The predicted octanol–water partition coefficient (Wildman–Crippen LogP) is 3.74. The Kier molecular flexibility index (Phi) is 2.57. The standard InChI is InChI=1S/C14H11ClN2/c15-14-12-7-9-17(13(12)6-8-16-14)10-11-4-2-1-3-5-11/h1-9H,10H2. The van der Waals surface area contributed by atoms with Gasteiger partial charge in [0.25, 0.3) is 0 Å². The zero-order valence-electron chi connectivity index (χ0n) is 9.18. The lowest BCUT2D eigenvalue weighted by Crippen LogP contribution is -1.97. The molecule has 17 heavy (non-hydrogen) atoms. The minimum absolute atomic E-state index is 0.564. The van der Waals surface area contributed by atoms with Crippen molar-refractivity contribution in [3.05, 3.63) is 65.6 Å². The van der Waals surface area contributed by atoms with Crippen molar-refractivity contribution in [2.45, 2.75) is 6.54 Å². The molecule has 0 spiro atoms.